The van der Waals surface area contributed by atoms with Crippen molar-refractivity contribution in [2.24, 2.45) is 0 Å². The number of aryl methyl sites for hydroxylation is 1. The van der Waals surface area contributed by atoms with Crippen LogP contribution in [-0.2, 0) is 22.4 Å². The van der Waals surface area contributed by atoms with Gasteiger partial charge in [0.2, 0.25) is 5.88 Å². The molecule has 0 saturated carbocycles. The molecule has 140 valence electrons. The highest BCUT2D eigenvalue weighted by Crippen LogP contribution is 2.47. The van der Waals surface area contributed by atoms with E-state index in [2.05, 4.69) is 0 Å². The molecule has 2 N–H and O–H groups in total. The summed E-state index contributed by atoms with van der Waals surface area (Å²) in [6.45, 7) is 3.90. The summed E-state index contributed by atoms with van der Waals surface area (Å²) in [4.78, 5) is 17.6. The van der Waals surface area contributed by atoms with Gasteiger partial charge in [-0.1, -0.05) is 30.3 Å². The number of carbonyl (C=O) groups is 1. The number of aromatic nitrogens is 1. The third kappa shape index (κ3) is 2.97. The van der Waals surface area contributed by atoms with Crippen LogP contribution >= 0.6 is 0 Å². The van der Waals surface area contributed by atoms with Crippen molar-refractivity contribution < 1.29 is 14.3 Å². The summed E-state index contributed by atoms with van der Waals surface area (Å²) in [6, 6.07) is 9.89. The Morgan fingerprint density at radius 1 is 1.26 bits per heavy atom. The van der Waals surface area contributed by atoms with E-state index in [-0.39, 0.29) is 11.9 Å². The molecule has 4 rings (SSSR count). The van der Waals surface area contributed by atoms with E-state index >= 15 is 0 Å². The van der Waals surface area contributed by atoms with Gasteiger partial charge < -0.3 is 15.2 Å². The highest BCUT2D eigenvalue weighted by molar-refractivity contribution is 5.93. The number of benzene rings is 1. The van der Waals surface area contributed by atoms with Crippen molar-refractivity contribution in [3.8, 4) is 5.88 Å². The molecule has 0 saturated heterocycles. The number of hydrogen-bond acceptors (Lipinski definition) is 5. The summed E-state index contributed by atoms with van der Waals surface area (Å²) in [6.07, 6.45) is 4.05. The van der Waals surface area contributed by atoms with Crippen molar-refractivity contribution in [3.63, 3.8) is 0 Å². The van der Waals surface area contributed by atoms with Crippen molar-refractivity contribution in [2.75, 3.05) is 12.3 Å². The Morgan fingerprint density at radius 2 is 2.00 bits per heavy atom. The first-order valence-corrected chi connectivity index (χ1v) is 9.53. The van der Waals surface area contributed by atoms with Crippen molar-refractivity contribution in [2.45, 2.75) is 45.4 Å². The fourth-order valence-corrected chi connectivity index (χ4v) is 4.12. The van der Waals surface area contributed by atoms with Gasteiger partial charge in [0.1, 0.15) is 5.76 Å². The molecule has 0 unspecified atom stereocenters. The van der Waals surface area contributed by atoms with Gasteiger partial charge in [-0.15, -0.1) is 0 Å². The van der Waals surface area contributed by atoms with Gasteiger partial charge in [-0.05, 0) is 50.7 Å². The van der Waals surface area contributed by atoms with Crippen molar-refractivity contribution in [1.29, 1.82) is 0 Å². The number of nitrogens with zero attached hydrogens (tertiary/aromatic N) is 1. The summed E-state index contributed by atoms with van der Waals surface area (Å²) in [5.74, 6) is 0.338. The van der Waals surface area contributed by atoms with Gasteiger partial charge in [0.25, 0.3) is 0 Å². The topological polar surface area (TPSA) is 74.4 Å². The van der Waals surface area contributed by atoms with E-state index in [0.29, 0.717) is 29.5 Å². The summed E-state index contributed by atoms with van der Waals surface area (Å²) >= 11 is 0. The molecular weight excluding hydrogens is 340 g/mol. The number of rotatable bonds is 3. The molecule has 27 heavy (non-hydrogen) atoms. The largest absolute Gasteiger partial charge is 0.463 e. The summed E-state index contributed by atoms with van der Waals surface area (Å²) in [5, 5.41) is 0. The second-order valence-electron chi connectivity index (χ2n) is 7.01. The number of ether oxygens (including phenoxy) is 2. The number of esters is 1. The predicted octanol–water partition coefficient (Wildman–Crippen LogP) is 3.90. The quantitative estimate of drug-likeness (QED) is 0.836. The van der Waals surface area contributed by atoms with E-state index in [1.54, 1.807) is 13.8 Å². The lowest BCUT2D eigenvalue weighted by molar-refractivity contribution is -0.139. The molecule has 0 spiro atoms. The maximum absolute atomic E-state index is 12.8. The molecule has 0 fully saturated rings. The van der Waals surface area contributed by atoms with Gasteiger partial charge in [-0.25, -0.2) is 9.78 Å². The molecule has 1 atom stereocenters. The monoisotopic (exact) mass is 364 g/mol. The third-order valence-corrected chi connectivity index (χ3v) is 5.36. The first kappa shape index (κ1) is 17.6. The van der Waals surface area contributed by atoms with Gasteiger partial charge in [0.05, 0.1) is 23.7 Å². The van der Waals surface area contributed by atoms with E-state index in [1.807, 2.05) is 30.3 Å². The zero-order valence-electron chi connectivity index (χ0n) is 15.7. The van der Waals surface area contributed by atoms with Crippen LogP contribution in [0.3, 0.4) is 0 Å². The average molecular weight is 364 g/mol. The number of nitrogens with two attached hydrogens (primary N) is 1. The molecule has 5 nitrogen and oxygen atoms in total. The first-order valence-electron chi connectivity index (χ1n) is 9.53. The third-order valence-electron chi connectivity index (χ3n) is 5.36. The van der Waals surface area contributed by atoms with Gasteiger partial charge in [0, 0.05) is 11.4 Å². The number of carbonyl (C=O) groups excluding carboxylic acids is 1. The van der Waals surface area contributed by atoms with Gasteiger partial charge in [-0.2, -0.15) is 0 Å². The van der Waals surface area contributed by atoms with Crippen LogP contribution in [0.5, 0.6) is 5.88 Å². The molecule has 2 aromatic rings. The van der Waals surface area contributed by atoms with Crippen LogP contribution < -0.4 is 10.5 Å². The lowest BCUT2D eigenvalue weighted by Crippen LogP contribution is -2.26. The Morgan fingerprint density at radius 3 is 2.74 bits per heavy atom. The van der Waals surface area contributed by atoms with Gasteiger partial charge in [0.15, 0.2) is 0 Å². The number of pyridine rings is 1. The van der Waals surface area contributed by atoms with Crippen LogP contribution in [0.4, 0.5) is 5.69 Å². The minimum absolute atomic E-state index is 0.307. The Hall–Kier alpha value is -2.82. The van der Waals surface area contributed by atoms with Crippen molar-refractivity contribution >= 4 is 11.7 Å². The average Bonchev–Trinajstić information content (AvgIpc) is 2.68. The van der Waals surface area contributed by atoms with E-state index in [9.17, 15) is 4.79 Å². The van der Waals surface area contributed by atoms with Crippen LogP contribution in [-0.4, -0.2) is 17.6 Å². The highest BCUT2D eigenvalue weighted by Gasteiger charge is 2.38. The Bertz CT molecular complexity index is 919. The summed E-state index contributed by atoms with van der Waals surface area (Å²) in [5.41, 5.74) is 11.7. The number of anilines is 1. The molecule has 2 heterocycles. The molecule has 5 heteroatoms. The number of hydrogen-bond donors (Lipinski definition) is 1. The second kappa shape index (κ2) is 7.06. The van der Waals surface area contributed by atoms with Crippen molar-refractivity contribution in [1.82, 2.24) is 4.98 Å². The molecule has 1 aliphatic heterocycles. The Balaban J connectivity index is 1.95. The van der Waals surface area contributed by atoms with Crippen LogP contribution in [0.2, 0.25) is 0 Å². The SMILES string of the molecule is CCOC(=O)C1=C(C)Oc2nc3c(c(N)c2[C@H]1c1ccccc1)CCCC3. The smallest absolute Gasteiger partial charge is 0.338 e. The molecule has 1 aliphatic carbocycles. The fraction of sp³-hybridized carbons (Fsp3) is 0.364. The number of nitrogen functional groups attached to an aromatic ring is 1. The number of allylic oxidation sites excluding steroid dienone is 1. The van der Waals surface area contributed by atoms with Gasteiger partial charge >= 0.3 is 5.97 Å². The molecule has 1 aromatic carbocycles. The highest BCUT2D eigenvalue weighted by atomic mass is 16.5. The summed E-state index contributed by atoms with van der Waals surface area (Å²) in [7, 11) is 0. The van der Waals surface area contributed by atoms with Gasteiger partial charge in [-0.3, -0.25) is 0 Å². The Kier molecular flexibility index (Phi) is 4.60. The van der Waals surface area contributed by atoms with E-state index in [4.69, 9.17) is 20.2 Å². The second-order valence-corrected chi connectivity index (χ2v) is 7.01. The standard InChI is InChI=1S/C22H24N2O3/c1-3-26-22(25)17-13(2)27-21-19(18(17)14-9-5-4-6-10-14)20(23)15-11-7-8-12-16(15)24-21/h4-6,9-10,18H,3,7-8,11-12H2,1-2H3,(H2,23,24)/t18-/m0/s1. The molecular formula is C22H24N2O3. The lowest BCUT2D eigenvalue weighted by atomic mass is 9.80. The maximum atomic E-state index is 12.8. The Labute approximate surface area is 159 Å². The van der Waals surface area contributed by atoms with E-state index < -0.39 is 0 Å². The van der Waals surface area contributed by atoms with Crippen LogP contribution in [0, 0.1) is 0 Å². The molecule has 0 radical (unpaired) electrons. The molecule has 0 bridgehead atoms. The van der Waals surface area contributed by atoms with Crippen molar-refractivity contribution in [3.05, 3.63) is 64.0 Å². The summed E-state index contributed by atoms with van der Waals surface area (Å²) < 4.78 is 11.3. The predicted molar refractivity (Wildman–Crippen MR) is 104 cm³/mol. The number of fused-ring (bicyclic) bond motifs is 2. The minimum Gasteiger partial charge on any atom is -0.463 e. The van der Waals surface area contributed by atoms with Crippen LogP contribution in [0.25, 0.3) is 0 Å². The zero-order chi connectivity index (χ0) is 19.0. The van der Waals surface area contributed by atoms with E-state index in [1.165, 1.54) is 0 Å². The zero-order valence-corrected chi connectivity index (χ0v) is 15.7. The molecule has 2 aliphatic rings. The molecule has 1 aromatic heterocycles. The lowest BCUT2D eigenvalue weighted by Gasteiger charge is -2.31. The normalized spacial score (nSPS) is 18.4. The van der Waals surface area contributed by atoms with E-state index in [0.717, 1.165) is 48.1 Å². The minimum atomic E-state index is -0.369. The van der Waals surface area contributed by atoms with Crippen LogP contribution in [0.1, 0.15) is 55.0 Å². The first-order chi connectivity index (χ1) is 13.1. The molecule has 0 amide bonds. The fourth-order valence-electron chi connectivity index (χ4n) is 4.12. The maximum Gasteiger partial charge on any atom is 0.338 e. The van der Waals surface area contributed by atoms with Crippen LogP contribution in [0.15, 0.2) is 41.7 Å².